The SMILES string of the molecule is C=C1[C@H](O)O[C@@H]2[C@@H]1C[C@H](OC(C)=O)[C@@]13C(=O)O[C@@H]4C[C@@](C)(O)[C@@H]([C@@H]41)[C@]31C=C(C)[C@@]2(O)O1. The first kappa shape index (κ1) is 19.9. The Morgan fingerprint density at radius 3 is 2.74 bits per heavy atom. The molecule has 2 saturated carbocycles. The molecule has 3 N–H and O–H groups in total. The molecule has 9 heteroatoms. The van der Waals surface area contributed by atoms with Crippen molar-refractivity contribution < 1.29 is 43.9 Å². The summed E-state index contributed by atoms with van der Waals surface area (Å²) in [5, 5.41) is 33.2. The number of carbonyl (C=O) groups is 2. The van der Waals surface area contributed by atoms with Crippen LogP contribution in [0, 0.1) is 23.2 Å². The van der Waals surface area contributed by atoms with Crippen molar-refractivity contribution in [1.29, 1.82) is 0 Å². The Kier molecular flexibility index (Phi) is 3.46. The van der Waals surface area contributed by atoms with Crippen molar-refractivity contribution >= 4 is 11.9 Å². The third-order valence-electron chi connectivity index (χ3n) is 8.70. The summed E-state index contributed by atoms with van der Waals surface area (Å²) in [5.41, 5.74) is -3.35. The number of rotatable bonds is 1. The maximum atomic E-state index is 13.5. The van der Waals surface area contributed by atoms with Gasteiger partial charge in [-0.2, -0.15) is 0 Å². The molecule has 9 nitrogen and oxygen atoms in total. The highest BCUT2D eigenvalue weighted by Gasteiger charge is 2.92. The first-order chi connectivity index (χ1) is 14.4. The van der Waals surface area contributed by atoms with Crippen molar-refractivity contribution in [1.82, 2.24) is 0 Å². The molecule has 2 aliphatic carbocycles. The van der Waals surface area contributed by atoms with Gasteiger partial charge in [0.1, 0.15) is 29.3 Å². The molecular weight excluding hydrogens is 408 g/mol. The summed E-state index contributed by atoms with van der Waals surface area (Å²) in [7, 11) is 0. The lowest BCUT2D eigenvalue weighted by Crippen LogP contribution is -2.79. The minimum absolute atomic E-state index is 0.0991. The maximum absolute atomic E-state index is 13.5. The number of esters is 2. The number of hydrogen-bond acceptors (Lipinski definition) is 9. The van der Waals surface area contributed by atoms with E-state index < -0.39 is 76.7 Å². The number of hydrogen-bond donors (Lipinski definition) is 3. The highest BCUT2D eigenvalue weighted by molar-refractivity contribution is 5.87. The third-order valence-corrected chi connectivity index (χ3v) is 8.70. The van der Waals surface area contributed by atoms with Crippen LogP contribution in [0.4, 0.5) is 0 Å². The fourth-order valence-electron chi connectivity index (χ4n) is 7.74. The minimum atomic E-state index is -1.94. The van der Waals surface area contributed by atoms with Gasteiger partial charge in [0.05, 0.1) is 5.60 Å². The number of carbonyl (C=O) groups excluding carboxylic acids is 2. The summed E-state index contributed by atoms with van der Waals surface area (Å²) in [4.78, 5) is 25.6. The summed E-state index contributed by atoms with van der Waals surface area (Å²) in [6, 6.07) is 0. The molecule has 0 aromatic carbocycles. The molecule has 2 spiro atoms. The second-order valence-corrected chi connectivity index (χ2v) is 10.2. The smallest absolute Gasteiger partial charge is 0.319 e. The summed E-state index contributed by atoms with van der Waals surface area (Å²) in [6.45, 7) is 8.52. The standard InChI is InChI=1S/C22H26O9/c1-8-6-20-15-14-12(7-19(15,4)26)29-18(25)21(14,20)13(28-10(3)23)5-11-9(2)17(24)30-16(11)22(8,27)31-20/h6,11-17,24,26-27H,2,5,7H2,1,3-4H3/t11-,12-,13+,14-,15-,16-,17-,19-,20-,21+,22-/m1/s1. The molecule has 0 unspecified atom stereocenters. The Morgan fingerprint density at radius 1 is 1.35 bits per heavy atom. The molecule has 4 aliphatic heterocycles. The predicted molar refractivity (Wildman–Crippen MR) is 101 cm³/mol. The summed E-state index contributed by atoms with van der Waals surface area (Å²) in [6.07, 6.45) is -1.85. The van der Waals surface area contributed by atoms with Crippen molar-refractivity contribution in [2.75, 3.05) is 0 Å². The third kappa shape index (κ3) is 1.89. The Morgan fingerprint density at radius 2 is 2.06 bits per heavy atom. The van der Waals surface area contributed by atoms with Gasteiger partial charge in [-0.15, -0.1) is 0 Å². The Balaban J connectivity index is 1.61. The van der Waals surface area contributed by atoms with Gasteiger partial charge in [-0.25, -0.2) is 0 Å². The number of aliphatic hydroxyl groups excluding tert-OH is 1. The zero-order valence-electron chi connectivity index (χ0n) is 17.5. The molecule has 0 aromatic rings. The lowest BCUT2D eigenvalue weighted by Gasteiger charge is -2.65. The van der Waals surface area contributed by atoms with Gasteiger partial charge < -0.3 is 34.3 Å². The molecule has 0 amide bonds. The molecule has 4 heterocycles. The van der Waals surface area contributed by atoms with E-state index in [1.54, 1.807) is 19.9 Å². The van der Waals surface area contributed by atoms with E-state index in [4.69, 9.17) is 18.9 Å². The van der Waals surface area contributed by atoms with Gasteiger partial charge in [0, 0.05) is 31.1 Å². The largest absolute Gasteiger partial charge is 0.461 e. The van der Waals surface area contributed by atoms with Gasteiger partial charge in [-0.3, -0.25) is 9.59 Å². The maximum Gasteiger partial charge on any atom is 0.319 e. The van der Waals surface area contributed by atoms with Gasteiger partial charge in [0.2, 0.25) is 5.79 Å². The van der Waals surface area contributed by atoms with E-state index in [0.29, 0.717) is 11.1 Å². The molecule has 5 fully saturated rings. The molecule has 6 rings (SSSR count). The van der Waals surface area contributed by atoms with E-state index in [-0.39, 0.29) is 12.8 Å². The van der Waals surface area contributed by atoms with Crippen molar-refractivity contribution in [3.05, 3.63) is 23.8 Å². The van der Waals surface area contributed by atoms with Gasteiger partial charge in [0.25, 0.3) is 0 Å². The van der Waals surface area contributed by atoms with Crippen LogP contribution < -0.4 is 0 Å². The highest BCUT2D eigenvalue weighted by atomic mass is 16.7. The van der Waals surface area contributed by atoms with E-state index in [9.17, 15) is 24.9 Å². The summed E-state index contributed by atoms with van der Waals surface area (Å²) >= 11 is 0. The lowest BCUT2D eigenvalue weighted by atomic mass is 9.41. The molecule has 168 valence electrons. The Hall–Kier alpha value is -1.78. The predicted octanol–water partition coefficient (Wildman–Crippen LogP) is -0.0722. The van der Waals surface area contributed by atoms with Crippen LogP contribution >= 0.6 is 0 Å². The molecule has 0 radical (unpaired) electrons. The van der Waals surface area contributed by atoms with Crippen LogP contribution in [0.3, 0.4) is 0 Å². The van der Waals surface area contributed by atoms with Gasteiger partial charge in [-0.1, -0.05) is 6.58 Å². The number of fused-ring (bicyclic) bond motifs is 3. The summed E-state index contributed by atoms with van der Waals surface area (Å²) in [5.74, 6) is -4.70. The normalized spacial score (nSPS) is 58.4. The zero-order valence-corrected chi connectivity index (χ0v) is 17.5. The van der Waals surface area contributed by atoms with Crippen molar-refractivity contribution in [2.45, 2.75) is 75.2 Å². The van der Waals surface area contributed by atoms with Crippen LogP contribution in [-0.2, 0) is 28.5 Å². The van der Waals surface area contributed by atoms with E-state index in [1.165, 1.54) is 6.92 Å². The first-order valence-electron chi connectivity index (χ1n) is 10.7. The fraction of sp³-hybridized carbons (Fsp3) is 0.727. The average Bonchev–Trinajstić information content (AvgIpc) is 3.24. The lowest BCUT2D eigenvalue weighted by molar-refractivity contribution is -0.371. The molecule has 31 heavy (non-hydrogen) atoms. The second-order valence-electron chi connectivity index (χ2n) is 10.2. The highest BCUT2D eigenvalue weighted by Crippen LogP contribution is 2.79. The number of aliphatic hydroxyl groups is 3. The summed E-state index contributed by atoms with van der Waals surface area (Å²) < 4.78 is 23.5. The average molecular weight is 434 g/mol. The van der Waals surface area contributed by atoms with E-state index in [1.807, 2.05) is 0 Å². The Bertz CT molecular complexity index is 970. The quantitative estimate of drug-likeness (QED) is 0.383. The molecule has 6 aliphatic rings. The molecule has 3 saturated heterocycles. The molecule has 2 bridgehead atoms. The zero-order chi connectivity index (χ0) is 22.3. The van der Waals surface area contributed by atoms with Crippen molar-refractivity contribution in [3.63, 3.8) is 0 Å². The van der Waals surface area contributed by atoms with Gasteiger partial charge in [0.15, 0.2) is 6.29 Å². The van der Waals surface area contributed by atoms with Crippen LogP contribution in [0.25, 0.3) is 0 Å². The van der Waals surface area contributed by atoms with Crippen LogP contribution in [0.2, 0.25) is 0 Å². The van der Waals surface area contributed by atoms with Crippen molar-refractivity contribution in [3.8, 4) is 0 Å². The fourth-order valence-corrected chi connectivity index (χ4v) is 7.74. The molecule has 11 atom stereocenters. The van der Waals surface area contributed by atoms with Crippen LogP contribution in [0.5, 0.6) is 0 Å². The van der Waals surface area contributed by atoms with E-state index in [2.05, 4.69) is 6.58 Å². The van der Waals surface area contributed by atoms with Gasteiger partial charge in [-0.05, 0) is 37.5 Å². The number of ether oxygens (including phenoxy) is 4. The van der Waals surface area contributed by atoms with Crippen LogP contribution in [-0.4, -0.2) is 68.8 Å². The topological polar surface area (TPSA) is 132 Å². The first-order valence-corrected chi connectivity index (χ1v) is 10.7. The molecule has 0 aromatic heterocycles. The van der Waals surface area contributed by atoms with E-state index >= 15 is 0 Å². The van der Waals surface area contributed by atoms with Crippen LogP contribution in [0.1, 0.15) is 33.6 Å². The van der Waals surface area contributed by atoms with Crippen molar-refractivity contribution in [2.24, 2.45) is 23.2 Å². The minimum Gasteiger partial charge on any atom is -0.461 e. The van der Waals surface area contributed by atoms with Gasteiger partial charge >= 0.3 is 11.9 Å². The monoisotopic (exact) mass is 434 g/mol. The van der Waals surface area contributed by atoms with E-state index in [0.717, 1.165) is 0 Å². The second kappa shape index (κ2) is 5.40. The Labute approximate surface area is 178 Å². The molecular formula is C22H26O9. The van der Waals surface area contributed by atoms with Crippen LogP contribution in [0.15, 0.2) is 23.8 Å².